The molecule has 0 saturated carbocycles. The van der Waals surface area contributed by atoms with Gasteiger partial charge in [-0.25, -0.2) is 9.78 Å². The fourth-order valence-electron chi connectivity index (χ4n) is 1.68. The predicted octanol–water partition coefficient (Wildman–Crippen LogP) is 2.67. The van der Waals surface area contributed by atoms with Gasteiger partial charge in [0.15, 0.2) is 5.69 Å². The van der Waals surface area contributed by atoms with Crippen LogP contribution in [0.15, 0.2) is 42.5 Å². The van der Waals surface area contributed by atoms with Crippen LogP contribution in [-0.2, 0) is 11.3 Å². The van der Waals surface area contributed by atoms with E-state index in [0.717, 1.165) is 11.3 Å². The van der Waals surface area contributed by atoms with Crippen molar-refractivity contribution in [3.63, 3.8) is 0 Å². The molecule has 0 saturated heterocycles. The largest absolute Gasteiger partial charge is 0.477 e. The Labute approximate surface area is 110 Å². The van der Waals surface area contributed by atoms with Crippen molar-refractivity contribution < 1.29 is 14.6 Å². The highest BCUT2D eigenvalue weighted by Gasteiger charge is 2.05. The molecule has 0 fully saturated rings. The van der Waals surface area contributed by atoms with Gasteiger partial charge in [-0.1, -0.05) is 18.2 Å². The van der Waals surface area contributed by atoms with Crippen molar-refractivity contribution in [3.8, 4) is 0 Å². The van der Waals surface area contributed by atoms with Crippen LogP contribution in [0.1, 0.15) is 16.1 Å². The number of benzene rings is 1. The summed E-state index contributed by atoms with van der Waals surface area (Å²) in [6.07, 6.45) is 0. The first-order valence-electron chi connectivity index (χ1n) is 5.74. The highest BCUT2D eigenvalue weighted by molar-refractivity contribution is 5.85. The first-order valence-corrected chi connectivity index (χ1v) is 5.74. The lowest BCUT2D eigenvalue weighted by Crippen LogP contribution is -2.02. The van der Waals surface area contributed by atoms with Gasteiger partial charge in [0.2, 0.25) is 0 Å². The van der Waals surface area contributed by atoms with Crippen LogP contribution in [0, 0.1) is 0 Å². The number of carboxylic acid groups (broad SMARTS) is 1. The SMILES string of the molecule is COCc1cccc(Nc2cccc(C(=O)O)n2)c1. The summed E-state index contributed by atoms with van der Waals surface area (Å²) < 4.78 is 5.06. The Hall–Kier alpha value is -2.40. The van der Waals surface area contributed by atoms with E-state index in [0.29, 0.717) is 12.4 Å². The number of hydrogen-bond acceptors (Lipinski definition) is 4. The maximum absolute atomic E-state index is 10.8. The van der Waals surface area contributed by atoms with Gasteiger partial charge in [0.05, 0.1) is 6.61 Å². The van der Waals surface area contributed by atoms with Gasteiger partial charge in [0.25, 0.3) is 0 Å². The summed E-state index contributed by atoms with van der Waals surface area (Å²) in [5.41, 5.74) is 1.88. The van der Waals surface area contributed by atoms with Gasteiger partial charge in [-0.15, -0.1) is 0 Å². The Bertz CT molecular complexity index is 584. The molecule has 0 aliphatic carbocycles. The molecule has 5 heteroatoms. The Kier molecular flexibility index (Phi) is 4.10. The number of nitrogens with zero attached hydrogens (tertiary/aromatic N) is 1. The van der Waals surface area contributed by atoms with Crippen LogP contribution < -0.4 is 5.32 Å². The molecule has 0 aliphatic heterocycles. The van der Waals surface area contributed by atoms with E-state index in [1.54, 1.807) is 19.2 Å². The van der Waals surface area contributed by atoms with Crippen molar-refractivity contribution in [3.05, 3.63) is 53.7 Å². The molecule has 1 heterocycles. The molecule has 0 aliphatic rings. The number of aromatic nitrogens is 1. The number of ether oxygens (including phenoxy) is 1. The lowest BCUT2D eigenvalue weighted by atomic mass is 10.2. The van der Waals surface area contributed by atoms with Crippen LogP contribution in [0.3, 0.4) is 0 Å². The maximum Gasteiger partial charge on any atom is 0.354 e. The summed E-state index contributed by atoms with van der Waals surface area (Å²) in [6, 6.07) is 12.5. The number of anilines is 2. The topological polar surface area (TPSA) is 71.5 Å². The molecule has 2 aromatic rings. The van der Waals surface area contributed by atoms with E-state index >= 15 is 0 Å². The number of methoxy groups -OCH3 is 1. The van der Waals surface area contributed by atoms with Crippen LogP contribution in [0.25, 0.3) is 0 Å². The molecule has 0 radical (unpaired) electrons. The Morgan fingerprint density at radius 1 is 1.32 bits per heavy atom. The third-order valence-corrected chi connectivity index (χ3v) is 2.48. The molecule has 98 valence electrons. The number of rotatable bonds is 5. The molecule has 5 nitrogen and oxygen atoms in total. The van der Waals surface area contributed by atoms with Crippen LogP contribution >= 0.6 is 0 Å². The fourth-order valence-corrected chi connectivity index (χ4v) is 1.68. The van der Waals surface area contributed by atoms with Crippen LogP contribution in [0.2, 0.25) is 0 Å². The zero-order chi connectivity index (χ0) is 13.7. The second kappa shape index (κ2) is 5.97. The second-order valence-corrected chi connectivity index (χ2v) is 3.97. The lowest BCUT2D eigenvalue weighted by Gasteiger charge is -2.08. The summed E-state index contributed by atoms with van der Waals surface area (Å²) in [5, 5.41) is 12.0. The maximum atomic E-state index is 10.8. The smallest absolute Gasteiger partial charge is 0.354 e. The highest BCUT2D eigenvalue weighted by atomic mass is 16.5. The molecular weight excluding hydrogens is 244 g/mol. The summed E-state index contributed by atoms with van der Waals surface area (Å²) in [6.45, 7) is 0.526. The summed E-state index contributed by atoms with van der Waals surface area (Å²) in [4.78, 5) is 14.8. The Balaban J connectivity index is 2.18. The standard InChI is InChI=1S/C14H14N2O3/c1-19-9-10-4-2-5-11(8-10)15-13-7-3-6-12(16-13)14(17)18/h2-8H,9H2,1H3,(H,15,16)(H,17,18). The van der Waals surface area contributed by atoms with E-state index in [-0.39, 0.29) is 5.69 Å². The first kappa shape index (κ1) is 13.0. The number of pyridine rings is 1. The van der Waals surface area contributed by atoms with Gasteiger partial charge in [0, 0.05) is 12.8 Å². The van der Waals surface area contributed by atoms with Gasteiger partial charge in [0.1, 0.15) is 5.82 Å². The zero-order valence-corrected chi connectivity index (χ0v) is 10.5. The monoisotopic (exact) mass is 258 g/mol. The molecule has 19 heavy (non-hydrogen) atoms. The van der Waals surface area contributed by atoms with Crippen LogP contribution in [-0.4, -0.2) is 23.2 Å². The minimum Gasteiger partial charge on any atom is -0.477 e. The van der Waals surface area contributed by atoms with Crippen molar-refractivity contribution >= 4 is 17.5 Å². The summed E-state index contributed by atoms with van der Waals surface area (Å²) >= 11 is 0. The Morgan fingerprint density at radius 3 is 2.84 bits per heavy atom. The molecule has 1 aromatic carbocycles. The molecule has 0 bridgehead atoms. The molecule has 1 aromatic heterocycles. The number of nitrogens with one attached hydrogen (secondary N) is 1. The van der Waals surface area contributed by atoms with Gasteiger partial charge >= 0.3 is 5.97 Å². The quantitative estimate of drug-likeness (QED) is 0.862. The van der Waals surface area contributed by atoms with Gasteiger partial charge in [-0.3, -0.25) is 0 Å². The van der Waals surface area contributed by atoms with Crippen molar-refractivity contribution in [1.29, 1.82) is 0 Å². The zero-order valence-electron chi connectivity index (χ0n) is 10.5. The van der Waals surface area contributed by atoms with E-state index in [4.69, 9.17) is 9.84 Å². The molecular formula is C14H14N2O3. The number of aromatic carboxylic acids is 1. The van der Waals surface area contributed by atoms with E-state index < -0.39 is 5.97 Å². The minimum atomic E-state index is -1.04. The van der Waals surface area contributed by atoms with Gasteiger partial charge in [-0.2, -0.15) is 0 Å². The molecule has 0 unspecified atom stereocenters. The second-order valence-electron chi connectivity index (χ2n) is 3.97. The minimum absolute atomic E-state index is 0.0121. The summed E-state index contributed by atoms with van der Waals surface area (Å²) in [5.74, 6) is -0.550. The average Bonchev–Trinajstić information content (AvgIpc) is 2.40. The number of carboxylic acids is 1. The molecule has 2 N–H and O–H groups in total. The predicted molar refractivity (Wildman–Crippen MR) is 71.6 cm³/mol. The lowest BCUT2D eigenvalue weighted by molar-refractivity contribution is 0.0690. The third kappa shape index (κ3) is 3.53. The molecule has 0 atom stereocenters. The van der Waals surface area contributed by atoms with Gasteiger partial charge in [-0.05, 0) is 29.8 Å². The van der Waals surface area contributed by atoms with Crippen LogP contribution in [0.5, 0.6) is 0 Å². The van der Waals surface area contributed by atoms with Crippen molar-refractivity contribution in [2.75, 3.05) is 12.4 Å². The summed E-state index contributed by atoms with van der Waals surface area (Å²) in [7, 11) is 1.64. The normalized spacial score (nSPS) is 10.2. The Morgan fingerprint density at radius 2 is 2.11 bits per heavy atom. The van der Waals surface area contributed by atoms with E-state index in [2.05, 4.69) is 10.3 Å². The molecule has 0 spiro atoms. The third-order valence-electron chi connectivity index (χ3n) is 2.48. The van der Waals surface area contributed by atoms with Crippen molar-refractivity contribution in [2.24, 2.45) is 0 Å². The van der Waals surface area contributed by atoms with E-state index in [9.17, 15) is 4.79 Å². The van der Waals surface area contributed by atoms with E-state index in [1.807, 2.05) is 24.3 Å². The number of carbonyl (C=O) groups is 1. The van der Waals surface area contributed by atoms with Crippen LogP contribution in [0.4, 0.5) is 11.5 Å². The highest BCUT2D eigenvalue weighted by Crippen LogP contribution is 2.16. The molecule has 0 amide bonds. The molecule has 2 rings (SSSR count). The van der Waals surface area contributed by atoms with Gasteiger partial charge < -0.3 is 15.2 Å². The number of hydrogen-bond donors (Lipinski definition) is 2. The average molecular weight is 258 g/mol. The van der Waals surface area contributed by atoms with Crippen molar-refractivity contribution in [2.45, 2.75) is 6.61 Å². The first-order chi connectivity index (χ1) is 9.19. The van der Waals surface area contributed by atoms with Crippen molar-refractivity contribution in [1.82, 2.24) is 4.98 Å². The van der Waals surface area contributed by atoms with E-state index in [1.165, 1.54) is 6.07 Å². The fraction of sp³-hybridized carbons (Fsp3) is 0.143.